The van der Waals surface area contributed by atoms with Gasteiger partial charge in [0.1, 0.15) is 10.3 Å². The van der Waals surface area contributed by atoms with Crippen molar-refractivity contribution in [2.24, 2.45) is 5.73 Å². The quantitative estimate of drug-likeness (QED) is 0.673. The first-order valence-electron chi connectivity index (χ1n) is 4.02. The molecule has 16 heavy (non-hydrogen) atoms. The maximum atomic E-state index is 12.5. The molecule has 0 atom stereocenters. The maximum Gasteiger partial charge on any atom is 0.433 e. The van der Waals surface area contributed by atoms with E-state index in [1.54, 1.807) is 0 Å². The lowest BCUT2D eigenvalue weighted by Crippen LogP contribution is -2.13. The number of hydrogen-bond acceptors (Lipinski definition) is 2. The largest absolute Gasteiger partial charge is 0.433 e. The van der Waals surface area contributed by atoms with Crippen LogP contribution in [0.1, 0.15) is 23.2 Å². The molecule has 0 unspecified atom stereocenters. The van der Waals surface area contributed by atoms with Gasteiger partial charge in [0.05, 0.1) is 0 Å². The van der Waals surface area contributed by atoms with Gasteiger partial charge in [0.15, 0.2) is 0 Å². The van der Waals surface area contributed by atoms with Crippen LogP contribution in [0.4, 0.5) is 22.0 Å². The predicted octanol–water partition coefficient (Wildman–Crippen LogP) is 3.26. The number of pyridine rings is 1. The standard InChI is InChI=1S/C8H6BrF5N2/c9-6-4(2-15)3(7(10)11)1-5(16-6)8(12,13)14/h1,7H,2,15H2. The third kappa shape index (κ3) is 2.67. The van der Waals surface area contributed by atoms with E-state index in [0.717, 1.165) is 0 Å². The number of hydrogen-bond donors (Lipinski definition) is 1. The molecular weight excluding hydrogens is 299 g/mol. The molecule has 1 heterocycles. The molecule has 2 nitrogen and oxygen atoms in total. The Balaban J connectivity index is 3.40. The van der Waals surface area contributed by atoms with E-state index in [0.29, 0.717) is 6.07 Å². The second-order valence-corrected chi connectivity index (χ2v) is 3.62. The predicted molar refractivity (Wildman–Crippen MR) is 49.8 cm³/mol. The zero-order valence-corrected chi connectivity index (χ0v) is 9.24. The van der Waals surface area contributed by atoms with Crippen molar-refractivity contribution < 1.29 is 22.0 Å². The fraction of sp³-hybridized carbons (Fsp3) is 0.375. The highest BCUT2D eigenvalue weighted by Crippen LogP contribution is 2.34. The first-order chi connectivity index (χ1) is 7.27. The summed E-state index contributed by atoms with van der Waals surface area (Å²) in [6, 6.07) is 0.317. The molecule has 0 radical (unpaired) electrons. The highest BCUT2D eigenvalue weighted by atomic mass is 79.9. The van der Waals surface area contributed by atoms with Crippen LogP contribution in [0.15, 0.2) is 10.7 Å². The fourth-order valence-electron chi connectivity index (χ4n) is 1.10. The van der Waals surface area contributed by atoms with E-state index in [2.05, 4.69) is 20.9 Å². The van der Waals surface area contributed by atoms with Gasteiger partial charge >= 0.3 is 6.18 Å². The highest BCUT2D eigenvalue weighted by Gasteiger charge is 2.34. The van der Waals surface area contributed by atoms with Crippen molar-refractivity contribution in [1.29, 1.82) is 0 Å². The Morgan fingerprint density at radius 3 is 2.31 bits per heavy atom. The number of aromatic nitrogens is 1. The van der Waals surface area contributed by atoms with Gasteiger partial charge in [-0.05, 0) is 22.0 Å². The Labute approximate surface area is 95.8 Å². The summed E-state index contributed by atoms with van der Waals surface area (Å²) in [7, 11) is 0. The minimum absolute atomic E-state index is 0.122. The second-order valence-electron chi connectivity index (χ2n) is 2.87. The molecule has 0 aliphatic carbocycles. The van der Waals surface area contributed by atoms with E-state index in [1.165, 1.54) is 0 Å². The average Bonchev–Trinajstić information content (AvgIpc) is 2.14. The monoisotopic (exact) mass is 304 g/mol. The maximum absolute atomic E-state index is 12.5. The van der Waals surface area contributed by atoms with Crippen LogP contribution in [0.2, 0.25) is 0 Å². The first-order valence-corrected chi connectivity index (χ1v) is 4.81. The van der Waals surface area contributed by atoms with Crippen molar-refractivity contribution >= 4 is 15.9 Å². The zero-order valence-electron chi connectivity index (χ0n) is 7.65. The second kappa shape index (κ2) is 4.62. The van der Waals surface area contributed by atoms with E-state index in [1.807, 2.05) is 0 Å². The van der Waals surface area contributed by atoms with Crippen molar-refractivity contribution in [3.05, 3.63) is 27.5 Å². The van der Waals surface area contributed by atoms with Crippen LogP contribution in [0.5, 0.6) is 0 Å². The summed E-state index contributed by atoms with van der Waals surface area (Å²) < 4.78 is 61.5. The Kier molecular flexibility index (Phi) is 3.84. The summed E-state index contributed by atoms with van der Waals surface area (Å²) >= 11 is 2.69. The summed E-state index contributed by atoms with van der Waals surface area (Å²) in [6.07, 6.45) is -7.79. The molecule has 0 saturated carbocycles. The lowest BCUT2D eigenvalue weighted by atomic mass is 10.1. The summed E-state index contributed by atoms with van der Waals surface area (Å²) in [5.74, 6) is 0. The smallest absolute Gasteiger partial charge is 0.326 e. The van der Waals surface area contributed by atoms with Crippen LogP contribution < -0.4 is 5.73 Å². The molecule has 1 rings (SSSR count). The Bertz CT molecular complexity index is 391. The molecule has 8 heteroatoms. The highest BCUT2D eigenvalue weighted by molar-refractivity contribution is 9.10. The molecule has 0 aliphatic heterocycles. The minimum atomic E-state index is -4.76. The van der Waals surface area contributed by atoms with Crippen LogP contribution in [0, 0.1) is 0 Å². The molecular formula is C8H6BrF5N2. The van der Waals surface area contributed by atoms with Crippen molar-refractivity contribution in [2.75, 3.05) is 0 Å². The van der Waals surface area contributed by atoms with Gasteiger partial charge in [0, 0.05) is 17.7 Å². The van der Waals surface area contributed by atoms with E-state index >= 15 is 0 Å². The summed E-state index contributed by atoms with van der Waals surface area (Å²) in [4.78, 5) is 3.14. The van der Waals surface area contributed by atoms with Crippen LogP contribution >= 0.6 is 15.9 Å². The SMILES string of the molecule is NCc1c(C(F)F)cc(C(F)(F)F)nc1Br. The summed E-state index contributed by atoms with van der Waals surface area (Å²) in [6.45, 7) is -0.314. The normalized spacial score (nSPS) is 12.2. The van der Waals surface area contributed by atoms with Crippen molar-refractivity contribution in [1.82, 2.24) is 4.98 Å². The van der Waals surface area contributed by atoms with Gasteiger partial charge in [0.25, 0.3) is 6.43 Å². The Morgan fingerprint density at radius 2 is 1.94 bits per heavy atom. The van der Waals surface area contributed by atoms with E-state index in [9.17, 15) is 22.0 Å². The van der Waals surface area contributed by atoms with Gasteiger partial charge in [-0.1, -0.05) is 0 Å². The van der Waals surface area contributed by atoms with Crippen LogP contribution in [0.25, 0.3) is 0 Å². The zero-order chi connectivity index (χ0) is 12.5. The Morgan fingerprint density at radius 1 is 1.38 bits per heavy atom. The third-order valence-electron chi connectivity index (χ3n) is 1.84. The van der Waals surface area contributed by atoms with Gasteiger partial charge < -0.3 is 5.73 Å². The lowest BCUT2D eigenvalue weighted by molar-refractivity contribution is -0.141. The Hall–Kier alpha value is -0.760. The molecule has 0 saturated heterocycles. The molecule has 2 N–H and O–H groups in total. The van der Waals surface area contributed by atoms with Crippen molar-refractivity contribution in [3.8, 4) is 0 Å². The summed E-state index contributed by atoms with van der Waals surface area (Å²) in [5.41, 5.74) is 2.92. The number of nitrogens with two attached hydrogens (primary N) is 1. The fourth-order valence-corrected chi connectivity index (χ4v) is 1.68. The molecule has 90 valence electrons. The first kappa shape index (κ1) is 13.3. The molecule has 1 aromatic rings. The number of rotatable bonds is 2. The molecule has 0 spiro atoms. The van der Waals surface area contributed by atoms with E-state index in [-0.39, 0.29) is 16.7 Å². The van der Waals surface area contributed by atoms with Gasteiger partial charge in [-0.15, -0.1) is 0 Å². The number of alkyl halides is 5. The third-order valence-corrected chi connectivity index (χ3v) is 2.49. The lowest BCUT2D eigenvalue weighted by Gasteiger charge is -2.13. The van der Waals surface area contributed by atoms with Gasteiger partial charge in [-0.2, -0.15) is 13.2 Å². The van der Waals surface area contributed by atoms with Gasteiger partial charge in [-0.3, -0.25) is 0 Å². The topological polar surface area (TPSA) is 38.9 Å². The molecule has 1 aromatic heterocycles. The molecule has 0 aromatic carbocycles. The molecule has 0 amide bonds. The van der Waals surface area contributed by atoms with Crippen molar-refractivity contribution in [2.45, 2.75) is 19.1 Å². The minimum Gasteiger partial charge on any atom is -0.326 e. The average molecular weight is 305 g/mol. The molecule has 0 fully saturated rings. The van der Waals surface area contributed by atoms with Crippen LogP contribution in [-0.4, -0.2) is 4.98 Å². The molecule has 0 aliphatic rings. The van der Waals surface area contributed by atoms with Gasteiger partial charge in [-0.25, -0.2) is 13.8 Å². The number of halogens is 6. The van der Waals surface area contributed by atoms with Crippen molar-refractivity contribution in [3.63, 3.8) is 0 Å². The molecule has 0 bridgehead atoms. The van der Waals surface area contributed by atoms with Gasteiger partial charge in [0.2, 0.25) is 0 Å². The van der Waals surface area contributed by atoms with Crippen LogP contribution in [0.3, 0.4) is 0 Å². The number of nitrogens with zero attached hydrogens (tertiary/aromatic N) is 1. The summed E-state index contributed by atoms with van der Waals surface area (Å²) in [5, 5.41) is 0. The van der Waals surface area contributed by atoms with E-state index < -0.39 is 23.9 Å². The van der Waals surface area contributed by atoms with E-state index in [4.69, 9.17) is 5.73 Å². The van der Waals surface area contributed by atoms with Crippen LogP contribution in [-0.2, 0) is 12.7 Å².